The number of hydrogen-bond acceptors (Lipinski definition) is 5. The summed E-state index contributed by atoms with van der Waals surface area (Å²) in [6.07, 6.45) is 0.159. The van der Waals surface area contributed by atoms with E-state index in [0.717, 1.165) is 28.1 Å². The maximum atomic E-state index is 12.8. The molecule has 1 aliphatic rings. The Bertz CT molecular complexity index is 1240. The van der Waals surface area contributed by atoms with Gasteiger partial charge in [0.15, 0.2) is 9.84 Å². The predicted molar refractivity (Wildman–Crippen MR) is 119 cm³/mol. The lowest BCUT2D eigenvalue weighted by Gasteiger charge is -2.14. The second-order valence-electron chi connectivity index (χ2n) is 7.81. The molecule has 1 aromatic heterocycles. The van der Waals surface area contributed by atoms with Crippen LogP contribution in [0.5, 0.6) is 5.75 Å². The number of nitrogens with zero attached hydrogens (tertiary/aromatic N) is 2. The number of benzene rings is 2. The highest BCUT2D eigenvalue weighted by Gasteiger charge is 2.33. The van der Waals surface area contributed by atoms with Gasteiger partial charge in [-0.15, -0.1) is 0 Å². The number of anilines is 1. The Morgan fingerprint density at radius 2 is 1.87 bits per heavy atom. The van der Waals surface area contributed by atoms with Crippen LogP contribution < -0.4 is 10.1 Å². The molecule has 1 N–H and O–H groups in total. The highest BCUT2D eigenvalue weighted by molar-refractivity contribution is 7.90. The molecule has 0 saturated heterocycles. The number of hydrogen-bond donors (Lipinski definition) is 1. The van der Waals surface area contributed by atoms with Gasteiger partial charge in [0, 0.05) is 5.56 Å². The summed E-state index contributed by atoms with van der Waals surface area (Å²) in [6.45, 7) is 6.47. The number of fused-ring (bicyclic) bond motifs is 1. The summed E-state index contributed by atoms with van der Waals surface area (Å²) in [5, 5.41) is 7.47. The lowest BCUT2D eigenvalue weighted by atomic mass is 10.1. The molecule has 4 rings (SSSR count). The van der Waals surface area contributed by atoms with Crippen molar-refractivity contribution >= 4 is 21.6 Å². The van der Waals surface area contributed by atoms with E-state index in [1.165, 1.54) is 0 Å². The fourth-order valence-corrected chi connectivity index (χ4v) is 5.31. The van der Waals surface area contributed by atoms with E-state index in [9.17, 15) is 13.2 Å². The molecule has 7 nitrogen and oxygen atoms in total. The number of carbonyl (C=O) groups excluding carboxylic acids is 1. The van der Waals surface area contributed by atoms with Crippen LogP contribution >= 0.6 is 0 Å². The summed E-state index contributed by atoms with van der Waals surface area (Å²) in [5.41, 5.74) is 4.82. The first-order valence-electron chi connectivity index (χ1n) is 10.2. The van der Waals surface area contributed by atoms with Crippen molar-refractivity contribution in [2.45, 2.75) is 38.7 Å². The van der Waals surface area contributed by atoms with Gasteiger partial charge in [0.1, 0.15) is 11.6 Å². The van der Waals surface area contributed by atoms with E-state index in [0.29, 0.717) is 23.7 Å². The Balaban J connectivity index is 1.64. The van der Waals surface area contributed by atoms with E-state index in [1.54, 1.807) is 4.68 Å². The molecule has 0 unspecified atom stereocenters. The van der Waals surface area contributed by atoms with Gasteiger partial charge in [0.2, 0.25) is 5.91 Å². The minimum Gasteiger partial charge on any atom is -0.494 e. The second kappa shape index (κ2) is 8.19. The molecular formula is C23H25N3O4S. The van der Waals surface area contributed by atoms with Crippen molar-refractivity contribution in [3.63, 3.8) is 0 Å². The molecule has 0 fully saturated rings. The number of rotatable bonds is 6. The fourth-order valence-electron chi connectivity index (χ4n) is 3.82. The van der Waals surface area contributed by atoms with E-state index < -0.39 is 9.84 Å². The average Bonchev–Trinajstić information content (AvgIpc) is 3.16. The summed E-state index contributed by atoms with van der Waals surface area (Å²) in [4.78, 5) is 12.8. The standard InChI is InChI=1S/C23H25N3O4S/c1-4-30-18-8-6-17(7-9-18)12-22(27)24-23-19-13-31(28,29)14-20(19)25-26(23)21-10-5-15(2)11-16(21)3/h5-11H,4,12-14H2,1-3H3,(H,24,27). The number of sulfone groups is 1. The van der Waals surface area contributed by atoms with Crippen molar-refractivity contribution in [2.75, 3.05) is 11.9 Å². The molecular weight excluding hydrogens is 414 g/mol. The minimum absolute atomic E-state index is 0.109. The van der Waals surface area contributed by atoms with Gasteiger partial charge in [0.25, 0.3) is 0 Å². The number of aromatic nitrogens is 2. The molecule has 162 valence electrons. The molecule has 0 saturated carbocycles. The normalized spacial score (nSPS) is 14.3. The predicted octanol–water partition coefficient (Wildman–Crippen LogP) is 3.50. The molecule has 0 radical (unpaired) electrons. The van der Waals surface area contributed by atoms with Gasteiger partial charge in [-0.05, 0) is 50.1 Å². The van der Waals surface area contributed by atoms with E-state index >= 15 is 0 Å². The monoisotopic (exact) mass is 439 g/mol. The van der Waals surface area contributed by atoms with Gasteiger partial charge >= 0.3 is 0 Å². The largest absolute Gasteiger partial charge is 0.494 e. The zero-order valence-electron chi connectivity index (χ0n) is 17.8. The van der Waals surface area contributed by atoms with Crippen LogP contribution in [-0.2, 0) is 32.6 Å². The molecule has 31 heavy (non-hydrogen) atoms. The van der Waals surface area contributed by atoms with Crippen molar-refractivity contribution in [2.24, 2.45) is 0 Å². The van der Waals surface area contributed by atoms with Gasteiger partial charge in [-0.25, -0.2) is 13.1 Å². The minimum atomic E-state index is -3.25. The van der Waals surface area contributed by atoms with Crippen LogP contribution in [-0.4, -0.2) is 30.7 Å². The smallest absolute Gasteiger partial charge is 0.229 e. The first kappa shape index (κ1) is 21.1. The third-order valence-corrected chi connectivity index (χ3v) is 6.67. The highest BCUT2D eigenvalue weighted by atomic mass is 32.2. The first-order chi connectivity index (χ1) is 14.8. The summed E-state index contributed by atoms with van der Waals surface area (Å²) in [5.74, 6) is 0.720. The number of nitrogens with one attached hydrogen (secondary N) is 1. The zero-order valence-corrected chi connectivity index (χ0v) is 18.6. The summed E-state index contributed by atoms with van der Waals surface area (Å²) in [7, 11) is -3.25. The van der Waals surface area contributed by atoms with Crippen molar-refractivity contribution in [1.82, 2.24) is 9.78 Å². The average molecular weight is 440 g/mol. The summed E-state index contributed by atoms with van der Waals surface area (Å²) >= 11 is 0. The lowest BCUT2D eigenvalue weighted by Crippen LogP contribution is -2.19. The van der Waals surface area contributed by atoms with Crippen molar-refractivity contribution in [3.8, 4) is 11.4 Å². The van der Waals surface area contributed by atoms with Crippen molar-refractivity contribution in [1.29, 1.82) is 0 Å². The quantitative estimate of drug-likeness (QED) is 0.635. The van der Waals surface area contributed by atoms with Crippen molar-refractivity contribution < 1.29 is 17.9 Å². The maximum absolute atomic E-state index is 12.8. The fraction of sp³-hybridized carbons (Fsp3) is 0.304. The molecule has 0 aliphatic carbocycles. The van der Waals surface area contributed by atoms with Crippen LogP contribution in [0.4, 0.5) is 5.82 Å². The molecule has 3 aromatic rings. The van der Waals surface area contributed by atoms with Gasteiger partial charge in [-0.3, -0.25) is 4.79 Å². The van der Waals surface area contributed by atoms with Crippen LogP contribution in [0.15, 0.2) is 42.5 Å². The van der Waals surface area contributed by atoms with Crippen LogP contribution in [0.2, 0.25) is 0 Å². The summed E-state index contributed by atoms with van der Waals surface area (Å²) < 4.78 is 31.4. The SMILES string of the molecule is CCOc1ccc(CC(=O)Nc2c3c(nn2-c2ccc(C)cc2C)CS(=O)(=O)C3)cc1. The third-order valence-electron chi connectivity index (χ3n) is 5.22. The summed E-state index contributed by atoms with van der Waals surface area (Å²) in [6, 6.07) is 13.3. The number of aryl methyl sites for hydroxylation is 2. The Morgan fingerprint density at radius 3 is 2.55 bits per heavy atom. The van der Waals surface area contributed by atoms with Crippen LogP contribution in [0.3, 0.4) is 0 Å². The third kappa shape index (κ3) is 4.49. The van der Waals surface area contributed by atoms with Crippen LogP contribution in [0.1, 0.15) is 34.9 Å². The highest BCUT2D eigenvalue weighted by Crippen LogP contribution is 2.34. The van der Waals surface area contributed by atoms with E-state index in [-0.39, 0.29) is 23.8 Å². The van der Waals surface area contributed by atoms with Gasteiger partial charge in [0.05, 0.1) is 35.9 Å². The Hall–Kier alpha value is -3.13. The van der Waals surface area contributed by atoms with Gasteiger partial charge < -0.3 is 10.1 Å². The van der Waals surface area contributed by atoms with Crippen molar-refractivity contribution in [3.05, 3.63) is 70.4 Å². The Morgan fingerprint density at radius 1 is 1.13 bits per heavy atom. The van der Waals surface area contributed by atoms with Gasteiger partial charge in [-0.1, -0.05) is 29.8 Å². The molecule has 2 aromatic carbocycles. The number of amides is 1. The Kier molecular flexibility index (Phi) is 5.58. The van der Waals surface area contributed by atoms with E-state index in [2.05, 4.69) is 10.4 Å². The van der Waals surface area contributed by atoms with E-state index in [1.807, 2.05) is 63.2 Å². The topological polar surface area (TPSA) is 90.3 Å². The van der Waals surface area contributed by atoms with E-state index in [4.69, 9.17) is 4.74 Å². The zero-order chi connectivity index (χ0) is 22.2. The van der Waals surface area contributed by atoms with Gasteiger partial charge in [-0.2, -0.15) is 5.10 Å². The molecule has 1 amide bonds. The Labute approximate surface area is 182 Å². The molecule has 0 bridgehead atoms. The van der Waals surface area contributed by atoms with Crippen LogP contribution in [0, 0.1) is 13.8 Å². The lowest BCUT2D eigenvalue weighted by molar-refractivity contribution is -0.115. The van der Waals surface area contributed by atoms with Crippen LogP contribution in [0.25, 0.3) is 5.69 Å². The molecule has 2 heterocycles. The molecule has 8 heteroatoms. The molecule has 1 aliphatic heterocycles. The second-order valence-corrected chi connectivity index (χ2v) is 9.87. The maximum Gasteiger partial charge on any atom is 0.229 e. The number of ether oxygens (including phenoxy) is 1. The number of carbonyl (C=O) groups is 1. The molecule has 0 atom stereocenters. The molecule has 0 spiro atoms. The first-order valence-corrected chi connectivity index (χ1v) is 12.0.